The van der Waals surface area contributed by atoms with Gasteiger partial charge in [-0.05, 0) is 39.0 Å². The molecule has 0 radical (unpaired) electrons. The average molecular weight is 470 g/mol. The molecule has 3 aromatic rings. The average Bonchev–Trinajstić information content (AvgIpc) is 3.05. The van der Waals surface area contributed by atoms with E-state index in [0.717, 1.165) is 12.1 Å². The van der Waals surface area contributed by atoms with Crippen molar-refractivity contribution in [3.05, 3.63) is 58.1 Å². The molecule has 1 aromatic heterocycles. The SMILES string of the molecule is COc1cc(F)c(F)cc1-n1nc(COC(C)(C)C)nc1-c1ccc(Br)cc1F. The van der Waals surface area contributed by atoms with Gasteiger partial charge in [-0.1, -0.05) is 15.9 Å². The Hall–Kier alpha value is -2.39. The Morgan fingerprint density at radius 1 is 1.03 bits per heavy atom. The van der Waals surface area contributed by atoms with E-state index in [1.165, 1.54) is 23.9 Å². The second kappa shape index (κ2) is 8.16. The van der Waals surface area contributed by atoms with Crippen molar-refractivity contribution in [2.45, 2.75) is 33.0 Å². The monoisotopic (exact) mass is 469 g/mol. The van der Waals surface area contributed by atoms with Crippen molar-refractivity contribution in [2.24, 2.45) is 0 Å². The predicted octanol–water partition coefficient (Wildman–Crippen LogP) is 5.44. The standard InChI is InChI=1S/C20H19BrF3N3O2/c1-20(2,3)29-10-18-25-19(12-6-5-11(21)7-13(12)22)27(26-18)16-8-14(23)15(24)9-17(16)28-4/h5-9H,10H2,1-4H3. The number of hydrogen-bond acceptors (Lipinski definition) is 4. The molecule has 0 fully saturated rings. The summed E-state index contributed by atoms with van der Waals surface area (Å²) in [5.74, 6) is -2.34. The largest absolute Gasteiger partial charge is 0.494 e. The van der Waals surface area contributed by atoms with Gasteiger partial charge in [0.05, 0.1) is 18.3 Å². The molecule has 3 rings (SSSR count). The highest BCUT2D eigenvalue weighted by molar-refractivity contribution is 9.10. The summed E-state index contributed by atoms with van der Waals surface area (Å²) in [6, 6.07) is 6.27. The maximum Gasteiger partial charge on any atom is 0.177 e. The maximum absolute atomic E-state index is 14.6. The lowest BCUT2D eigenvalue weighted by Gasteiger charge is -2.17. The van der Waals surface area contributed by atoms with Crippen LogP contribution in [0.5, 0.6) is 5.75 Å². The number of benzene rings is 2. The van der Waals surface area contributed by atoms with E-state index in [9.17, 15) is 13.2 Å². The summed E-state index contributed by atoms with van der Waals surface area (Å²) < 4.78 is 54.9. The fraction of sp³-hybridized carbons (Fsp3) is 0.300. The van der Waals surface area contributed by atoms with Crippen LogP contribution in [0.4, 0.5) is 13.2 Å². The first-order chi connectivity index (χ1) is 13.6. The molecule has 0 aliphatic rings. The van der Waals surface area contributed by atoms with Crippen molar-refractivity contribution in [1.82, 2.24) is 14.8 Å². The number of methoxy groups -OCH3 is 1. The highest BCUT2D eigenvalue weighted by Crippen LogP contribution is 2.31. The van der Waals surface area contributed by atoms with Crippen LogP contribution in [0.25, 0.3) is 17.1 Å². The Labute approximate surface area is 174 Å². The zero-order chi connectivity index (χ0) is 21.3. The van der Waals surface area contributed by atoms with Crippen LogP contribution in [0.3, 0.4) is 0 Å². The van der Waals surface area contributed by atoms with E-state index in [-0.39, 0.29) is 35.3 Å². The number of rotatable bonds is 5. The van der Waals surface area contributed by atoms with Gasteiger partial charge in [-0.15, -0.1) is 5.10 Å². The third kappa shape index (κ3) is 4.79. The fourth-order valence-corrected chi connectivity index (χ4v) is 2.89. The first kappa shape index (κ1) is 21.3. The molecule has 9 heteroatoms. The summed E-state index contributed by atoms with van der Waals surface area (Å²) in [6.07, 6.45) is 0. The van der Waals surface area contributed by atoms with Crippen LogP contribution >= 0.6 is 15.9 Å². The molecule has 0 spiro atoms. The van der Waals surface area contributed by atoms with Gasteiger partial charge < -0.3 is 9.47 Å². The minimum Gasteiger partial charge on any atom is -0.494 e. The van der Waals surface area contributed by atoms with Gasteiger partial charge in [0.15, 0.2) is 23.3 Å². The zero-order valence-corrected chi connectivity index (χ0v) is 17.8. The van der Waals surface area contributed by atoms with Crippen molar-refractivity contribution in [2.75, 3.05) is 7.11 Å². The first-order valence-electron chi connectivity index (χ1n) is 8.68. The molecule has 0 bridgehead atoms. The van der Waals surface area contributed by atoms with Crippen molar-refractivity contribution in [3.63, 3.8) is 0 Å². The summed E-state index contributed by atoms with van der Waals surface area (Å²) in [7, 11) is 1.32. The van der Waals surface area contributed by atoms with E-state index in [4.69, 9.17) is 9.47 Å². The number of nitrogens with zero attached hydrogens (tertiary/aromatic N) is 3. The van der Waals surface area contributed by atoms with E-state index in [0.29, 0.717) is 4.47 Å². The number of halogens is 4. The second-order valence-electron chi connectivity index (χ2n) is 7.23. The zero-order valence-electron chi connectivity index (χ0n) is 16.3. The third-order valence-corrected chi connectivity index (χ3v) is 4.40. The maximum atomic E-state index is 14.6. The van der Waals surface area contributed by atoms with Gasteiger partial charge in [-0.2, -0.15) is 0 Å². The summed E-state index contributed by atoms with van der Waals surface area (Å²) in [6.45, 7) is 5.67. The number of ether oxygens (including phenoxy) is 2. The van der Waals surface area contributed by atoms with Crippen LogP contribution in [0.2, 0.25) is 0 Å². The molecule has 0 saturated carbocycles. The molecule has 1 heterocycles. The molecule has 5 nitrogen and oxygen atoms in total. The lowest BCUT2D eigenvalue weighted by molar-refractivity contribution is -0.0180. The van der Waals surface area contributed by atoms with Crippen LogP contribution in [0.1, 0.15) is 26.6 Å². The molecule has 0 amide bonds. The van der Waals surface area contributed by atoms with Gasteiger partial charge in [0, 0.05) is 16.6 Å². The molecule has 0 aliphatic carbocycles. The molecule has 0 aliphatic heterocycles. The second-order valence-corrected chi connectivity index (χ2v) is 8.14. The van der Waals surface area contributed by atoms with Crippen LogP contribution in [-0.2, 0) is 11.3 Å². The lowest BCUT2D eigenvalue weighted by Crippen LogP contribution is -2.19. The normalized spacial score (nSPS) is 11.7. The van der Waals surface area contributed by atoms with Crippen LogP contribution in [0.15, 0.2) is 34.8 Å². The smallest absolute Gasteiger partial charge is 0.177 e. The van der Waals surface area contributed by atoms with Crippen molar-refractivity contribution >= 4 is 15.9 Å². The van der Waals surface area contributed by atoms with Crippen molar-refractivity contribution < 1.29 is 22.6 Å². The van der Waals surface area contributed by atoms with Crippen LogP contribution in [-0.4, -0.2) is 27.5 Å². The van der Waals surface area contributed by atoms with Gasteiger partial charge >= 0.3 is 0 Å². The Kier molecular flexibility index (Phi) is 6.00. The molecule has 154 valence electrons. The van der Waals surface area contributed by atoms with Crippen LogP contribution in [0, 0.1) is 17.5 Å². The van der Waals surface area contributed by atoms with Gasteiger partial charge in [0.2, 0.25) is 0 Å². The Bertz CT molecular complexity index is 1050. The Morgan fingerprint density at radius 3 is 2.34 bits per heavy atom. The predicted molar refractivity (Wildman–Crippen MR) is 105 cm³/mol. The number of hydrogen-bond donors (Lipinski definition) is 0. The Morgan fingerprint density at radius 2 is 1.72 bits per heavy atom. The quantitative estimate of drug-likeness (QED) is 0.499. The van der Waals surface area contributed by atoms with E-state index in [1.807, 2.05) is 20.8 Å². The molecule has 2 aromatic carbocycles. The molecule has 0 unspecified atom stereocenters. The lowest BCUT2D eigenvalue weighted by atomic mass is 10.2. The van der Waals surface area contributed by atoms with Gasteiger partial charge in [0.25, 0.3) is 0 Å². The van der Waals surface area contributed by atoms with Gasteiger partial charge in [-0.3, -0.25) is 0 Å². The van der Waals surface area contributed by atoms with E-state index < -0.39 is 23.1 Å². The van der Waals surface area contributed by atoms with E-state index >= 15 is 0 Å². The summed E-state index contributed by atoms with van der Waals surface area (Å²) >= 11 is 3.21. The Balaban J connectivity index is 2.19. The minimum absolute atomic E-state index is 0.0239. The molecule has 0 saturated heterocycles. The number of aromatic nitrogens is 3. The van der Waals surface area contributed by atoms with Gasteiger partial charge in [-0.25, -0.2) is 22.8 Å². The topological polar surface area (TPSA) is 49.2 Å². The molecular formula is C20H19BrF3N3O2. The van der Waals surface area contributed by atoms with Crippen molar-refractivity contribution in [3.8, 4) is 22.8 Å². The minimum atomic E-state index is -1.09. The third-order valence-electron chi connectivity index (χ3n) is 3.91. The molecule has 29 heavy (non-hydrogen) atoms. The highest BCUT2D eigenvalue weighted by Gasteiger charge is 2.22. The van der Waals surface area contributed by atoms with Gasteiger partial charge in [0.1, 0.15) is 23.9 Å². The molecule has 0 N–H and O–H groups in total. The van der Waals surface area contributed by atoms with E-state index in [1.54, 1.807) is 6.07 Å². The molecule has 0 atom stereocenters. The van der Waals surface area contributed by atoms with Crippen LogP contribution < -0.4 is 4.74 Å². The summed E-state index contributed by atoms with van der Waals surface area (Å²) in [4.78, 5) is 4.38. The van der Waals surface area contributed by atoms with E-state index in [2.05, 4.69) is 26.0 Å². The fourth-order valence-electron chi connectivity index (χ4n) is 2.56. The molecular weight excluding hydrogens is 451 g/mol. The van der Waals surface area contributed by atoms with Crippen molar-refractivity contribution in [1.29, 1.82) is 0 Å². The highest BCUT2D eigenvalue weighted by atomic mass is 79.9. The summed E-state index contributed by atoms with van der Waals surface area (Å²) in [5.41, 5.74) is -0.235. The first-order valence-corrected chi connectivity index (χ1v) is 9.47. The summed E-state index contributed by atoms with van der Waals surface area (Å²) in [5, 5.41) is 4.34.